The molecule has 2 rings (SSSR count). The predicted molar refractivity (Wildman–Crippen MR) is 72.7 cm³/mol. The number of nitrogens with zero attached hydrogens (tertiary/aromatic N) is 1. The summed E-state index contributed by atoms with van der Waals surface area (Å²) in [5.41, 5.74) is 0.991. The summed E-state index contributed by atoms with van der Waals surface area (Å²) in [6, 6.07) is 11.1. The van der Waals surface area contributed by atoms with E-state index in [-0.39, 0.29) is 10.5 Å². The van der Waals surface area contributed by atoms with E-state index >= 15 is 0 Å². The molecule has 0 radical (unpaired) electrons. The molecule has 0 amide bonds. The molecule has 1 N–H and O–H groups in total. The molecule has 0 atom stereocenters. The number of aryl methyl sites for hydroxylation is 2. The van der Waals surface area contributed by atoms with Crippen molar-refractivity contribution in [2.24, 2.45) is 7.05 Å². The van der Waals surface area contributed by atoms with Crippen molar-refractivity contribution in [1.29, 1.82) is 0 Å². The summed E-state index contributed by atoms with van der Waals surface area (Å²) in [4.78, 5) is 10.5. The second-order valence-corrected chi connectivity index (χ2v) is 5.36. The van der Waals surface area contributed by atoms with Gasteiger partial charge in [-0.3, -0.25) is 9.35 Å². The van der Waals surface area contributed by atoms with Crippen molar-refractivity contribution in [2.75, 3.05) is 0 Å². The zero-order chi connectivity index (χ0) is 14.5. The number of rotatable bonds is 1. The summed E-state index contributed by atoms with van der Waals surface area (Å²) >= 11 is 0. The molecular formula is C13H15NO4S. The topological polar surface area (TPSA) is 76.4 Å². The third-order valence-corrected chi connectivity index (χ3v) is 3.19. The van der Waals surface area contributed by atoms with Crippen LogP contribution in [0.3, 0.4) is 0 Å². The molecule has 1 aromatic heterocycles. The molecule has 102 valence electrons. The van der Waals surface area contributed by atoms with Crippen molar-refractivity contribution in [2.45, 2.75) is 11.8 Å². The first-order chi connectivity index (χ1) is 8.80. The van der Waals surface area contributed by atoms with Crippen molar-refractivity contribution in [3.05, 3.63) is 64.6 Å². The summed E-state index contributed by atoms with van der Waals surface area (Å²) in [7, 11) is -2.30. The molecule has 6 heteroatoms. The lowest BCUT2D eigenvalue weighted by Gasteiger charge is -1.95. The van der Waals surface area contributed by atoms with Crippen LogP contribution in [-0.2, 0) is 17.2 Å². The maximum absolute atomic E-state index is 10.6. The minimum atomic E-state index is -4.02. The van der Waals surface area contributed by atoms with Crippen LogP contribution in [0.5, 0.6) is 0 Å². The SMILES string of the molecule is Cc1ccc(S(=O)(=O)O)cc1.Cn1ccccc1=O. The van der Waals surface area contributed by atoms with Gasteiger partial charge in [-0.15, -0.1) is 0 Å². The van der Waals surface area contributed by atoms with Gasteiger partial charge in [0.1, 0.15) is 0 Å². The molecule has 0 bridgehead atoms. The second kappa shape index (κ2) is 6.31. The van der Waals surface area contributed by atoms with Crippen molar-refractivity contribution >= 4 is 10.1 Å². The third kappa shape index (κ3) is 5.07. The van der Waals surface area contributed by atoms with Gasteiger partial charge in [-0.05, 0) is 25.1 Å². The average Bonchev–Trinajstić information content (AvgIpc) is 2.33. The monoisotopic (exact) mass is 281 g/mol. The van der Waals surface area contributed by atoms with Crippen LogP contribution < -0.4 is 5.56 Å². The second-order valence-electron chi connectivity index (χ2n) is 3.94. The number of hydrogen-bond donors (Lipinski definition) is 1. The lowest BCUT2D eigenvalue weighted by atomic mass is 10.2. The average molecular weight is 281 g/mol. The number of hydrogen-bond acceptors (Lipinski definition) is 3. The molecule has 1 heterocycles. The first kappa shape index (κ1) is 15.1. The van der Waals surface area contributed by atoms with Crippen LogP contribution in [0, 0.1) is 6.92 Å². The number of benzene rings is 1. The molecule has 0 unspecified atom stereocenters. The first-order valence-corrected chi connectivity index (χ1v) is 6.90. The van der Waals surface area contributed by atoms with E-state index in [9.17, 15) is 13.2 Å². The van der Waals surface area contributed by atoms with Gasteiger partial charge in [-0.2, -0.15) is 8.42 Å². The molecule has 0 spiro atoms. The van der Waals surface area contributed by atoms with Crippen LogP contribution in [0.15, 0.2) is 58.4 Å². The van der Waals surface area contributed by atoms with Gasteiger partial charge in [0.05, 0.1) is 4.90 Å². The summed E-state index contributed by atoms with van der Waals surface area (Å²) < 4.78 is 31.1. The van der Waals surface area contributed by atoms with Crippen LogP contribution in [0.2, 0.25) is 0 Å². The van der Waals surface area contributed by atoms with E-state index in [0.29, 0.717) is 0 Å². The first-order valence-electron chi connectivity index (χ1n) is 5.46. The van der Waals surface area contributed by atoms with Crippen LogP contribution in [0.25, 0.3) is 0 Å². The Balaban J connectivity index is 0.000000200. The fourth-order valence-corrected chi connectivity index (χ4v) is 1.70. The Morgan fingerprint density at radius 3 is 2.00 bits per heavy atom. The van der Waals surface area contributed by atoms with Crippen molar-refractivity contribution in [3.63, 3.8) is 0 Å². The highest BCUT2D eigenvalue weighted by Crippen LogP contribution is 2.08. The van der Waals surface area contributed by atoms with Crippen LogP contribution >= 0.6 is 0 Å². The largest absolute Gasteiger partial charge is 0.319 e. The Kier molecular flexibility index (Phi) is 5.02. The van der Waals surface area contributed by atoms with E-state index < -0.39 is 10.1 Å². The van der Waals surface area contributed by atoms with Gasteiger partial charge >= 0.3 is 0 Å². The molecule has 0 aliphatic heterocycles. The zero-order valence-corrected chi connectivity index (χ0v) is 11.5. The van der Waals surface area contributed by atoms with Gasteiger partial charge in [-0.25, -0.2) is 0 Å². The molecule has 19 heavy (non-hydrogen) atoms. The molecule has 0 saturated carbocycles. The van der Waals surface area contributed by atoms with E-state index in [1.165, 1.54) is 22.8 Å². The van der Waals surface area contributed by atoms with E-state index in [1.54, 1.807) is 31.4 Å². The minimum absolute atomic E-state index is 0.0347. The number of aromatic nitrogens is 1. The van der Waals surface area contributed by atoms with Crippen molar-refractivity contribution < 1.29 is 13.0 Å². The molecule has 1 aromatic carbocycles. The van der Waals surface area contributed by atoms with Gasteiger partial charge < -0.3 is 4.57 Å². The maximum Gasteiger partial charge on any atom is 0.294 e. The summed E-state index contributed by atoms with van der Waals surface area (Å²) in [6.45, 7) is 1.84. The molecular weight excluding hydrogens is 266 g/mol. The highest BCUT2D eigenvalue weighted by atomic mass is 32.2. The highest BCUT2D eigenvalue weighted by Gasteiger charge is 2.06. The quantitative estimate of drug-likeness (QED) is 0.806. The summed E-state index contributed by atoms with van der Waals surface area (Å²) in [5, 5.41) is 0. The van der Waals surface area contributed by atoms with Gasteiger partial charge in [0.25, 0.3) is 10.1 Å². The Hall–Kier alpha value is -1.92. The fraction of sp³-hybridized carbons (Fsp3) is 0.154. The van der Waals surface area contributed by atoms with E-state index in [0.717, 1.165) is 5.56 Å². The van der Waals surface area contributed by atoms with Crippen LogP contribution in [0.4, 0.5) is 0 Å². The van der Waals surface area contributed by atoms with Gasteiger partial charge in [0, 0.05) is 19.3 Å². The van der Waals surface area contributed by atoms with Gasteiger partial charge in [0.15, 0.2) is 0 Å². The maximum atomic E-state index is 10.6. The van der Waals surface area contributed by atoms with E-state index in [1.807, 2.05) is 13.0 Å². The van der Waals surface area contributed by atoms with Gasteiger partial charge in [0.2, 0.25) is 5.56 Å². The third-order valence-electron chi connectivity index (χ3n) is 2.33. The lowest BCUT2D eigenvalue weighted by molar-refractivity contribution is 0.483. The van der Waals surface area contributed by atoms with Gasteiger partial charge in [-0.1, -0.05) is 23.8 Å². The van der Waals surface area contributed by atoms with E-state index in [2.05, 4.69) is 0 Å². The van der Waals surface area contributed by atoms with Crippen molar-refractivity contribution in [3.8, 4) is 0 Å². The van der Waals surface area contributed by atoms with Crippen LogP contribution in [0.1, 0.15) is 5.56 Å². The Morgan fingerprint density at radius 1 is 1.05 bits per heavy atom. The molecule has 2 aromatic rings. The minimum Gasteiger partial charge on any atom is -0.319 e. The summed E-state index contributed by atoms with van der Waals surface area (Å²) in [6.07, 6.45) is 1.72. The Morgan fingerprint density at radius 2 is 1.63 bits per heavy atom. The smallest absolute Gasteiger partial charge is 0.294 e. The molecule has 0 saturated heterocycles. The summed E-state index contributed by atoms with van der Waals surface area (Å²) in [5.74, 6) is 0. The van der Waals surface area contributed by atoms with Crippen molar-refractivity contribution in [1.82, 2.24) is 4.57 Å². The highest BCUT2D eigenvalue weighted by molar-refractivity contribution is 7.85. The predicted octanol–water partition coefficient (Wildman–Crippen LogP) is 1.63. The Labute approximate surface area is 111 Å². The molecule has 5 nitrogen and oxygen atoms in total. The van der Waals surface area contributed by atoms with E-state index in [4.69, 9.17) is 4.55 Å². The molecule has 0 fully saturated rings. The zero-order valence-electron chi connectivity index (χ0n) is 10.6. The normalized spacial score (nSPS) is 10.5. The number of pyridine rings is 1. The Bertz CT molecular complexity index is 687. The molecule has 0 aliphatic carbocycles. The molecule has 0 aliphatic rings. The van der Waals surface area contributed by atoms with Crippen LogP contribution in [-0.4, -0.2) is 17.5 Å². The fourth-order valence-electron chi connectivity index (χ4n) is 1.22. The lowest BCUT2D eigenvalue weighted by Crippen LogP contribution is -2.12. The standard InChI is InChI=1S/C7H8O3S.C6H7NO/c1-6-2-4-7(5-3-6)11(8,9)10;1-7-5-3-2-4-6(7)8/h2-5H,1H3,(H,8,9,10);2-5H,1H3.